The van der Waals surface area contributed by atoms with Gasteiger partial charge in [0.05, 0.1) is 18.0 Å². The monoisotopic (exact) mass is 482 g/mol. The van der Waals surface area contributed by atoms with Gasteiger partial charge in [-0.25, -0.2) is 15.0 Å². The number of aliphatic hydroxyl groups excluding tert-OH is 1. The Balaban J connectivity index is 1.99. The summed E-state index contributed by atoms with van der Waals surface area (Å²) in [5.74, 6) is -2.32. The molecule has 182 valence electrons. The largest absolute Gasteiger partial charge is 0.461 e. The highest BCUT2D eigenvalue weighted by molar-refractivity contribution is 5.66. The first kappa shape index (κ1) is 25.1. The summed E-state index contributed by atoms with van der Waals surface area (Å²) in [6.45, 7) is 1.40. The van der Waals surface area contributed by atoms with Crippen LogP contribution in [0.5, 0.6) is 5.75 Å². The van der Waals surface area contributed by atoms with Crippen LogP contribution in [0, 0.1) is 0 Å². The summed E-state index contributed by atoms with van der Waals surface area (Å²) >= 11 is 0. The predicted molar refractivity (Wildman–Crippen MR) is 116 cm³/mol. The van der Waals surface area contributed by atoms with Gasteiger partial charge in [-0.15, -0.1) is 0 Å². The van der Waals surface area contributed by atoms with Gasteiger partial charge in [0.1, 0.15) is 11.6 Å². The molecule has 9 nitrogen and oxygen atoms in total. The molecule has 1 atom stereocenters. The minimum absolute atomic E-state index is 0.00671. The van der Waals surface area contributed by atoms with E-state index in [0.29, 0.717) is 17.1 Å². The minimum Gasteiger partial charge on any atom is -0.428 e. The molecule has 5 N–H and O–H groups in total. The lowest BCUT2D eigenvalue weighted by molar-refractivity contribution is -0.253. The molecule has 13 heteroatoms. The van der Waals surface area contributed by atoms with Crippen LogP contribution in [0.3, 0.4) is 0 Å². The molecule has 0 aliphatic heterocycles. The SMILES string of the molecule is CC(N)(O)N(c1cccc(OC(F)(F)C(F)F)c1)c1nccc(-c2ccnc(NCCO)c2)n1. The second-order valence-electron chi connectivity index (χ2n) is 7.21. The van der Waals surface area contributed by atoms with Crippen LogP contribution in [0.4, 0.5) is 35.0 Å². The fraction of sp³-hybridized carbons (Fsp3) is 0.286. The van der Waals surface area contributed by atoms with Crippen LogP contribution in [0.1, 0.15) is 6.92 Å². The number of rotatable bonds is 10. The van der Waals surface area contributed by atoms with Crippen molar-refractivity contribution < 1.29 is 32.5 Å². The highest BCUT2D eigenvalue weighted by atomic mass is 19.3. The lowest BCUT2D eigenvalue weighted by Crippen LogP contribution is -2.52. The van der Waals surface area contributed by atoms with Crippen molar-refractivity contribution in [2.24, 2.45) is 5.73 Å². The Morgan fingerprint density at radius 1 is 1.15 bits per heavy atom. The summed E-state index contributed by atoms with van der Waals surface area (Å²) in [5.41, 5.74) is 6.92. The maximum Gasteiger partial charge on any atom is 0.461 e. The molecular weight excluding hydrogens is 460 g/mol. The number of aromatic nitrogens is 3. The summed E-state index contributed by atoms with van der Waals surface area (Å²) in [4.78, 5) is 13.7. The Morgan fingerprint density at radius 3 is 2.56 bits per heavy atom. The van der Waals surface area contributed by atoms with Gasteiger partial charge in [0, 0.05) is 30.6 Å². The van der Waals surface area contributed by atoms with E-state index in [1.807, 2.05) is 0 Å². The first-order chi connectivity index (χ1) is 16.0. The zero-order chi connectivity index (χ0) is 24.9. The van der Waals surface area contributed by atoms with E-state index in [1.165, 1.54) is 31.5 Å². The quantitative estimate of drug-likeness (QED) is 0.255. The van der Waals surface area contributed by atoms with Crippen molar-refractivity contribution in [1.82, 2.24) is 15.0 Å². The highest BCUT2D eigenvalue weighted by Crippen LogP contribution is 2.34. The first-order valence-electron chi connectivity index (χ1n) is 9.92. The van der Waals surface area contributed by atoms with Crippen LogP contribution in [0.2, 0.25) is 0 Å². The number of nitrogens with one attached hydrogen (secondary N) is 1. The lowest BCUT2D eigenvalue weighted by atomic mass is 10.2. The zero-order valence-corrected chi connectivity index (χ0v) is 17.9. The molecule has 0 radical (unpaired) electrons. The number of aliphatic hydroxyl groups is 2. The van der Waals surface area contributed by atoms with E-state index in [0.717, 1.165) is 17.0 Å². The molecule has 0 aliphatic rings. The molecule has 2 heterocycles. The maximum atomic E-state index is 13.4. The fourth-order valence-corrected chi connectivity index (χ4v) is 2.95. The van der Waals surface area contributed by atoms with E-state index in [2.05, 4.69) is 25.0 Å². The van der Waals surface area contributed by atoms with Crippen LogP contribution in [-0.2, 0) is 0 Å². The Morgan fingerprint density at radius 2 is 1.88 bits per heavy atom. The lowest BCUT2D eigenvalue weighted by Gasteiger charge is -2.34. The summed E-state index contributed by atoms with van der Waals surface area (Å²) in [6.07, 6.45) is -5.84. The third kappa shape index (κ3) is 6.07. The molecule has 0 bridgehead atoms. The van der Waals surface area contributed by atoms with Crippen LogP contribution < -0.4 is 20.7 Å². The van der Waals surface area contributed by atoms with E-state index < -0.39 is 24.1 Å². The first-order valence-corrected chi connectivity index (χ1v) is 9.92. The van der Waals surface area contributed by atoms with Gasteiger partial charge in [-0.1, -0.05) is 6.07 Å². The molecule has 0 saturated carbocycles. The number of anilines is 3. The number of halogens is 4. The maximum absolute atomic E-state index is 13.4. The van der Waals surface area contributed by atoms with Crippen molar-refractivity contribution in [1.29, 1.82) is 0 Å². The van der Waals surface area contributed by atoms with Crippen molar-refractivity contribution in [3.63, 3.8) is 0 Å². The van der Waals surface area contributed by atoms with E-state index in [9.17, 15) is 22.7 Å². The molecule has 34 heavy (non-hydrogen) atoms. The molecule has 3 aromatic rings. The third-order valence-electron chi connectivity index (χ3n) is 4.35. The van der Waals surface area contributed by atoms with Crippen molar-refractivity contribution >= 4 is 17.5 Å². The van der Waals surface area contributed by atoms with E-state index in [1.54, 1.807) is 18.2 Å². The van der Waals surface area contributed by atoms with Crippen molar-refractivity contribution in [3.8, 4) is 17.0 Å². The summed E-state index contributed by atoms with van der Waals surface area (Å²) in [6, 6.07) is 9.62. The van der Waals surface area contributed by atoms with Crippen molar-refractivity contribution in [2.75, 3.05) is 23.4 Å². The Hall–Kier alpha value is -3.55. The van der Waals surface area contributed by atoms with Gasteiger partial charge in [-0.2, -0.15) is 17.6 Å². The summed E-state index contributed by atoms with van der Waals surface area (Å²) < 4.78 is 55.9. The summed E-state index contributed by atoms with van der Waals surface area (Å²) in [7, 11) is 0. The second kappa shape index (κ2) is 10.2. The van der Waals surface area contributed by atoms with Gasteiger partial charge >= 0.3 is 12.5 Å². The van der Waals surface area contributed by atoms with Crippen LogP contribution >= 0.6 is 0 Å². The van der Waals surface area contributed by atoms with E-state index in [-0.39, 0.29) is 24.8 Å². The number of alkyl halides is 4. The molecule has 0 spiro atoms. The minimum atomic E-state index is -4.71. The van der Waals surface area contributed by atoms with Gasteiger partial charge in [-0.3, -0.25) is 10.6 Å². The second-order valence-corrected chi connectivity index (χ2v) is 7.21. The Labute approximate surface area is 191 Å². The Bertz CT molecular complexity index is 1110. The molecule has 2 aromatic heterocycles. The Kier molecular flexibility index (Phi) is 7.49. The molecular formula is C21H22F4N6O3. The van der Waals surface area contributed by atoms with Crippen molar-refractivity contribution in [3.05, 3.63) is 54.9 Å². The van der Waals surface area contributed by atoms with Gasteiger partial charge in [0.15, 0.2) is 5.85 Å². The number of pyridine rings is 1. The standard InChI is InChI=1S/C21H22F4N6O3/c1-20(26,33)31(14-3-2-4-15(12-14)34-21(24,25)18(22)23)19-29-8-6-16(30-19)13-5-7-27-17(11-13)28-9-10-32/h2-8,11-12,18,32-33H,9-10,26H2,1H3,(H,27,28). The zero-order valence-electron chi connectivity index (χ0n) is 17.9. The number of ether oxygens (including phenoxy) is 1. The normalized spacial score (nSPS) is 13.4. The van der Waals surface area contributed by atoms with Gasteiger partial charge in [0.25, 0.3) is 0 Å². The number of hydrogen-bond acceptors (Lipinski definition) is 9. The third-order valence-corrected chi connectivity index (χ3v) is 4.35. The van der Waals surface area contributed by atoms with Crippen LogP contribution in [-0.4, -0.2) is 56.7 Å². The molecule has 0 saturated heterocycles. The molecule has 3 rings (SSSR count). The van der Waals surface area contributed by atoms with Crippen molar-refractivity contribution in [2.45, 2.75) is 25.3 Å². The number of hydrogen-bond donors (Lipinski definition) is 4. The smallest absolute Gasteiger partial charge is 0.428 e. The molecule has 0 aliphatic carbocycles. The number of nitrogens with two attached hydrogens (primary N) is 1. The van der Waals surface area contributed by atoms with Crippen LogP contribution in [0.25, 0.3) is 11.3 Å². The van der Waals surface area contributed by atoms with Gasteiger partial charge in [-0.05, 0) is 37.3 Å². The molecule has 1 unspecified atom stereocenters. The topological polar surface area (TPSA) is 130 Å². The average Bonchev–Trinajstić information content (AvgIpc) is 2.77. The molecule has 0 amide bonds. The van der Waals surface area contributed by atoms with E-state index >= 15 is 0 Å². The van der Waals surface area contributed by atoms with Gasteiger partial charge in [0.2, 0.25) is 5.95 Å². The average molecular weight is 482 g/mol. The number of benzene rings is 1. The fourth-order valence-electron chi connectivity index (χ4n) is 2.95. The van der Waals surface area contributed by atoms with Crippen LogP contribution in [0.15, 0.2) is 54.9 Å². The van der Waals surface area contributed by atoms with E-state index in [4.69, 9.17) is 10.8 Å². The molecule has 1 aromatic carbocycles. The number of nitrogens with zero attached hydrogens (tertiary/aromatic N) is 4. The summed E-state index contributed by atoms with van der Waals surface area (Å²) in [5, 5.41) is 22.5. The highest BCUT2D eigenvalue weighted by Gasteiger charge is 2.44. The predicted octanol–water partition coefficient (Wildman–Crippen LogP) is 2.94. The molecule has 0 fully saturated rings. The van der Waals surface area contributed by atoms with Gasteiger partial charge < -0.3 is 20.3 Å².